The highest BCUT2D eigenvalue weighted by Gasteiger charge is 2.48. The Kier molecular flexibility index (Phi) is 8.13. The molecule has 1 aliphatic rings. The minimum Gasteiger partial charge on any atom is -0.507 e. The third-order valence-corrected chi connectivity index (χ3v) is 8.30. The average molecular weight is 578 g/mol. The summed E-state index contributed by atoms with van der Waals surface area (Å²) in [5, 5.41) is 19.9. The standard InChI is InChI=1S/C29H24FN3O5S2/c1-3-38-21-14-11-19(15-22(21)37-2)24-23(25(34)18-9-12-20(30)13-10-18)26(35)27(36)33(24)28-31-32-29(40-28)39-16-17-7-5-4-6-8-17/h4-15,24,34H,3,16H2,1-2H3/b25-23-. The Labute approximate surface area is 238 Å². The molecular formula is C29H24FN3O5S2. The fourth-order valence-corrected chi connectivity index (χ4v) is 6.14. The molecule has 11 heteroatoms. The molecule has 1 aliphatic heterocycles. The Hall–Kier alpha value is -4.22. The van der Waals surface area contributed by atoms with Crippen molar-refractivity contribution in [2.24, 2.45) is 0 Å². The Balaban J connectivity index is 1.58. The van der Waals surface area contributed by atoms with Crippen LogP contribution < -0.4 is 14.4 Å². The van der Waals surface area contributed by atoms with E-state index in [0.29, 0.717) is 33.8 Å². The van der Waals surface area contributed by atoms with E-state index < -0.39 is 29.3 Å². The van der Waals surface area contributed by atoms with Gasteiger partial charge in [-0.05, 0) is 54.4 Å². The molecule has 1 fully saturated rings. The number of carbonyl (C=O) groups is 2. The van der Waals surface area contributed by atoms with E-state index in [2.05, 4.69) is 10.2 Å². The third-order valence-electron chi connectivity index (χ3n) is 6.17. The van der Waals surface area contributed by atoms with E-state index in [1.54, 1.807) is 18.2 Å². The maximum Gasteiger partial charge on any atom is 0.301 e. The largest absolute Gasteiger partial charge is 0.507 e. The van der Waals surface area contributed by atoms with Crippen LogP contribution in [-0.4, -0.2) is 40.7 Å². The van der Waals surface area contributed by atoms with Crippen LogP contribution in [0.3, 0.4) is 0 Å². The number of carbonyl (C=O) groups excluding carboxylic acids is 2. The van der Waals surface area contributed by atoms with Crippen LogP contribution in [0, 0.1) is 5.82 Å². The average Bonchev–Trinajstić information content (AvgIpc) is 3.54. The number of Topliss-reactive ketones (excluding diaryl/α,β-unsaturated/α-hetero) is 1. The number of nitrogens with zero attached hydrogens (tertiary/aromatic N) is 3. The van der Waals surface area contributed by atoms with Gasteiger partial charge >= 0.3 is 5.91 Å². The molecule has 0 bridgehead atoms. The molecule has 3 aromatic carbocycles. The number of anilines is 1. The zero-order chi connectivity index (χ0) is 28.2. The number of hydrogen-bond acceptors (Lipinski definition) is 9. The normalized spacial score (nSPS) is 16.4. The molecule has 0 spiro atoms. The van der Waals surface area contributed by atoms with Crippen molar-refractivity contribution in [1.29, 1.82) is 0 Å². The smallest absolute Gasteiger partial charge is 0.301 e. The highest BCUT2D eigenvalue weighted by Crippen LogP contribution is 2.45. The van der Waals surface area contributed by atoms with Crippen molar-refractivity contribution in [2.45, 2.75) is 23.1 Å². The van der Waals surface area contributed by atoms with Crippen LogP contribution in [0.2, 0.25) is 0 Å². The van der Waals surface area contributed by atoms with Gasteiger partial charge in [0, 0.05) is 11.3 Å². The molecule has 1 unspecified atom stereocenters. The van der Waals surface area contributed by atoms with Crippen molar-refractivity contribution in [2.75, 3.05) is 18.6 Å². The van der Waals surface area contributed by atoms with Crippen LogP contribution in [0.25, 0.3) is 5.76 Å². The highest BCUT2D eigenvalue weighted by atomic mass is 32.2. The summed E-state index contributed by atoms with van der Waals surface area (Å²) in [6.45, 7) is 2.25. The van der Waals surface area contributed by atoms with Crippen molar-refractivity contribution < 1.29 is 28.6 Å². The maximum atomic E-state index is 13.6. The van der Waals surface area contributed by atoms with E-state index in [0.717, 1.165) is 5.56 Å². The van der Waals surface area contributed by atoms with Gasteiger partial charge in [0.25, 0.3) is 5.78 Å². The second-order valence-corrected chi connectivity index (χ2v) is 10.8. The molecule has 0 radical (unpaired) electrons. The first kappa shape index (κ1) is 27.4. The van der Waals surface area contributed by atoms with Crippen molar-refractivity contribution >= 4 is 45.7 Å². The summed E-state index contributed by atoms with van der Waals surface area (Å²) in [6, 6.07) is 18.8. The van der Waals surface area contributed by atoms with Crippen LogP contribution in [0.5, 0.6) is 11.5 Å². The first-order valence-corrected chi connectivity index (χ1v) is 14.1. The number of aliphatic hydroxyl groups excluding tert-OH is 1. The van der Waals surface area contributed by atoms with Crippen LogP contribution in [0.4, 0.5) is 9.52 Å². The summed E-state index contributed by atoms with van der Waals surface area (Å²) >= 11 is 2.63. The number of thioether (sulfide) groups is 1. The molecule has 1 N–H and O–H groups in total. The van der Waals surface area contributed by atoms with Gasteiger partial charge in [0.05, 0.1) is 25.3 Å². The zero-order valence-electron chi connectivity index (χ0n) is 21.5. The van der Waals surface area contributed by atoms with E-state index >= 15 is 0 Å². The van der Waals surface area contributed by atoms with Gasteiger partial charge in [-0.3, -0.25) is 14.5 Å². The van der Waals surface area contributed by atoms with Crippen molar-refractivity contribution in [3.05, 3.63) is 101 Å². The van der Waals surface area contributed by atoms with Gasteiger partial charge in [0.2, 0.25) is 5.13 Å². The number of benzene rings is 3. The predicted molar refractivity (Wildman–Crippen MR) is 151 cm³/mol. The number of rotatable bonds is 9. The first-order valence-electron chi connectivity index (χ1n) is 12.3. The van der Waals surface area contributed by atoms with Gasteiger partial charge in [0.1, 0.15) is 11.6 Å². The predicted octanol–water partition coefficient (Wildman–Crippen LogP) is 6.00. The second-order valence-electron chi connectivity index (χ2n) is 8.64. The molecular weight excluding hydrogens is 553 g/mol. The number of hydrogen-bond donors (Lipinski definition) is 1. The molecule has 40 heavy (non-hydrogen) atoms. The van der Waals surface area contributed by atoms with Crippen molar-refractivity contribution in [3.63, 3.8) is 0 Å². The molecule has 2 heterocycles. The molecule has 1 amide bonds. The molecule has 0 saturated carbocycles. The zero-order valence-corrected chi connectivity index (χ0v) is 23.2. The van der Waals surface area contributed by atoms with Crippen molar-refractivity contribution in [3.8, 4) is 11.5 Å². The van der Waals surface area contributed by atoms with Gasteiger partial charge in [-0.15, -0.1) is 10.2 Å². The Morgan fingerprint density at radius 1 is 1.05 bits per heavy atom. The lowest BCUT2D eigenvalue weighted by Gasteiger charge is -2.23. The van der Waals surface area contributed by atoms with E-state index in [4.69, 9.17) is 9.47 Å². The fraction of sp³-hybridized carbons (Fsp3) is 0.172. The molecule has 1 aromatic heterocycles. The number of methoxy groups -OCH3 is 1. The lowest BCUT2D eigenvalue weighted by atomic mass is 9.95. The van der Waals surface area contributed by atoms with Crippen LogP contribution in [0.15, 0.2) is 82.7 Å². The summed E-state index contributed by atoms with van der Waals surface area (Å²) in [5.41, 5.74) is 1.62. The fourth-order valence-electron chi connectivity index (χ4n) is 4.31. The van der Waals surface area contributed by atoms with Crippen LogP contribution in [0.1, 0.15) is 29.7 Å². The van der Waals surface area contributed by atoms with Crippen molar-refractivity contribution in [1.82, 2.24) is 10.2 Å². The lowest BCUT2D eigenvalue weighted by molar-refractivity contribution is -0.132. The van der Waals surface area contributed by atoms with E-state index in [9.17, 15) is 19.1 Å². The van der Waals surface area contributed by atoms with E-state index in [1.807, 2.05) is 37.3 Å². The number of ketones is 1. The monoisotopic (exact) mass is 577 g/mol. The number of aliphatic hydroxyl groups is 1. The number of amides is 1. The summed E-state index contributed by atoms with van der Waals surface area (Å²) in [5.74, 6) is -1.16. The van der Waals surface area contributed by atoms with Gasteiger partial charge < -0.3 is 14.6 Å². The van der Waals surface area contributed by atoms with Crippen LogP contribution >= 0.6 is 23.1 Å². The topological polar surface area (TPSA) is 102 Å². The molecule has 8 nitrogen and oxygen atoms in total. The maximum absolute atomic E-state index is 13.6. The Bertz CT molecular complexity index is 1570. The summed E-state index contributed by atoms with van der Waals surface area (Å²) < 4.78 is 25.3. The van der Waals surface area contributed by atoms with Gasteiger partial charge in [-0.25, -0.2) is 4.39 Å². The van der Waals surface area contributed by atoms with Gasteiger partial charge in [0.15, 0.2) is 15.8 Å². The Morgan fingerprint density at radius 3 is 2.50 bits per heavy atom. The minimum atomic E-state index is -1.05. The molecule has 1 saturated heterocycles. The van der Waals surface area contributed by atoms with E-state index in [-0.39, 0.29) is 16.3 Å². The molecule has 1 atom stereocenters. The van der Waals surface area contributed by atoms with E-state index in [1.165, 1.54) is 59.4 Å². The van der Waals surface area contributed by atoms with Gasteiger partial charge in [-0.2, -0.15) is 0 Å². The number of halogens is 1. The first-order chi connectivity index (χ1) is 19.4. The van der Waals surface area contributed by atoms with Gasteiger partial charge in [-0.1, -0.05) is 59.5 Å². The molecule has 0 aliphatic carbocycles. The minimum absolute atomic E-state index is 0.156. The number of aromatic nitrogens is 2. The lowest BCUT2D eigenvalue weighted by Crippen LogP contribution is -2.29. The summed E-state index contributed by atoms with van der Waals surface area (Å²) in [6.07, 6.45) is 0. The quantitative estimate of drug-likeness (QED) is 0.0850. The molecule has 5 rings (SSSR count). The summed E-state index contributed by atoms with van der Waals surface area (Å²) in [7, 11) is 1.48. The summed E-state index contributed by atoms with van der Waals surface area (Å²) in [4.78, 5) is 28.1. The second kappa shape index (κ2) is 11.9. The molecule has 204 valence electrons. The SMILES string of the molecule is CCOc1ccc(C2/C(=C(/O)c3ccc(F)cc3)C(=O)C(=O)N2c2nnc(SCc3ccccc3)s2)cc1OC. The number of ether oxygens (including phenoxy) is 2. The third kappa shape index (κ3) is 5.43. The Morgan fingerprint density at radius 2 is 1.80 bits per heavy atom. The van der Waals surface area contributed by atoms with Crippen LogP contribution in [-0.2, 0) is 15.3 Å². The molecule has 4 aromatic rings. The highest BCUT2D eigenvalue weighted by molar-refractivity contribution is 8.00.